The number of carbonyl (C=O) groups excluding carboxylic acids is 2. The van der Waals surface area contributed by atoms with E-state index in [2.05, 4.69) is 15.6 Å². The normalized spacial score (nSPS) is 10.6. The molecule has 6 heteroatoms. The third kappa shape index (κ3) is 4.42. The summed E-state index contributed by atoms with van der Waals surface area (Å²) >= 11 is 0. The number of fused-ring (bicyclic) bond motifs is 1. The molecule has 134 valence electrons. The molecule has 3 aromatic rings. The van der Waals surface area contributed by atoms with Crippen LogP contribution >= 0.6 is 0 Å². The number of aromatic amines is 1. The molecular formula is C20H21N3O3. The number of hydrogen-bond donors (Lipinski definition) is 4. The number of hydrogen-bond acceptors (Lipinski definition) is 3. The molecule has 0 saturated heterocycles. The summed E-state index contributed by atoms with van der Waals surface area (Å²) in [7, 11) is 0. The van der Waals surface area contributed by atoms with Gasteiger partial charge in [0.1, 0.15) is 5.75 Å². The van der Waals surface area contributed by atoms with Crippen LogP contribution in [0, 0.1) is 0 Å². The third-order valence-corrected chi connectivity index (χ3v) is 4.20. The van der Waals surface area contributed by atoms with E-state index < -0.39 is 11.8 Å². The number of benzene rings is 2. The predicted molar refractivity (Wildman–Crippen MR) is 99.8 cm³/mol. The van der Waals surface area contributed by atoms with Crippen molar-refractivity contribution in [2.45, 2.75) is 12.8 Å². The van der Waals surface area contributed by atoms with Gasteiger partial charge in [-0.1, -0.05) is 30.3 Å². The molecule has 26 heavy (non-hydrogen) atoms. The Labute approximate surface area is 151 Å². The van der Waals surface area contributed by atoms with E-state index in [1.54, 1.807) is 24.3 Å². The maximum Gasteiger partial charge on any atom is 0.309 e. The molecule has 0 aliphatic rings. The summed E-state index contributed by atoms with van der Waals surface area (Å²) in [5, 5.41) is 15.6. The minimum atomic E-state index is -0.636. The highest BCUT2D eigenvalue weighted by molar-refractivity contribution is 6.35. The van der Waals surface area contributed by atoms with Crippen molar-refractivity contribution in [1.82, 2.24) is 15.6 Å². The number of phenolic OH excluding ortho intramolecular Hbond substituents is 1. The molecule has 0 fully saturated rings. The van der Waals surface area contributed by atoms with Gasteiger partial charge in [0.25, 0.3) is 0 Å². The Balaban J connectivity index is 1.40. The lowest BCUT2D eigenvalue weighted by Gasteiger charge is -2.07. The van der Waals surface area contributed by atoms with Crippen molar-refractivity contribution < 1.29 is 14.7 Å². The number of para-hydroxylation sites is 1. The molecule has 0 atom stereocenters. The molecule has 2 amide bonds. The smallest absolute Gasteiger partial charge is 0.309 e. The second kappa shape index (κ2) is 8.20. The molecule has 0 aliphatic carbocycles. The average molecular weight is 351 g/mol. The van der Waals surface area contributed by atoms with Crippen molar-refractivity contribution in [2.75, 3.05) is 13.1 Å². The molecule has 4 N–H and O–H groups in total. The molecule has 0 radical (unpaired) electrons. The van der Waals surface area contributed by atoms with Gasteiger partial charge < -0.3 is 20.7 Å². The Morgan fingerprint density at radius 1 is 0.885 bits per heavy atom. The Hall–Kier alpha value is -3.28. The van der Waals surface area contributed by atoms with E-state index in [1.807, 2.05) is 30.5 Å². The molecule has 0 spiro atoms. The quantitative estimate of drug-likeness (QED) is 0.511. The average Bonchev–Trinajstić information content (AvgIpc) is 3.06. The van der Waals surface area contributed by atoms with Crippen LogP contribution in [0.1, 0.15) is 11.1 Å². The largest absolute Gasteiger partial charge is 0.508 e. The van der Waals surface area contributed by atoms with Gasteiger partial charge in [-0.3, -0.25) is 9.59 Å². The minimum absolute atomic E-state index is 0.201. The standard InChI is InChI=1S/C20H21N3O3/c24-16-7-5-14(6-8-16)9-11-21-19(25)20(26)22-12-10-15-13-23-18-4-2-1-3-17(15)18/h1-8,13,23-24H,9-12H2,(H,21,25)(H,22,26). The van der Waals surface area contributed by atoms with Gasteiger partial charge in [-0.15, -0.1) is 0 Å². The first kappa shape index (κ1) is 17.5. The van der Waals surface area contributed by atoms with E-state index >= 15 is 0 Å². The third-order valence-electron chi connectivity index (χ3n) is 4.20. The van der Waals surface area contributed by atoms with Crippen molar-refractivity contribution >= 4 is 22.7 Å². The number of carbonyl (C=O) groups is 2. The van der Waals surface area contributed by atoms with Crippen LogP contribution in [0.15, 0.2) is 54.7 Å². The summed E-state index contributed by atoms with van der Waals surface area (Å²) in [6.07, 6.45) is 3.17. The highest BCUT2D eigenvalue weighted by Crippen LogP contribution is 2.17. The topological polar surface area (TPSA) is 94.2 Å². The maximum absolute atomic E-state index is 11.9. The van der Waals surface area contributed by atoms with Crippen LogP contribution in [0.5, 0.6) is 5.75 Å². The van der Waals surface area contributed by atoms with Gasteiger partial charge >= 0.3 is 11.8 Å². The highest BCUT2D eigenvalue weighted by atomic mass is 16.3. The molecule has 0 unspecified atom stereocenters. The summed E-state index contributed by atoms with van der Waals surface area (Å²) in [5.41, 5.74) is 3.14. The number of amides is 2. The number of aromatic hydroxyl groups is 1. The van der Waals surface area contributed by atoms with Gasteiger partial charge in [-0.05, 0) is 42.2 Å². The van der Waals surface area contributed by atoms with E-state index in [9.17, 15) is 14.7 Å². The summed E-state index contributed by atoms with van der Waals surface area (Å²) in [6.45, 7) is 0.755. The van der Waals surface area contributed by atoms with Crippen molar-refractivity contribution in [1.29, 1.82) is 0 Å². The summed E-state index contributed by atoms with van der Waals surface area (Å²) in [5.74, 6) is -1.06. The maximum atomic E-state index is 11.9. The van der Waals surface area contributed by atoms with Crippen molar-refractivity contribution in [2.24, 2.45) is 0 Å². The number of nitrogens with one attached hydrogen (secondary N) is 3. The zero-order valence-corrected chi connectivity index (χ0v) is 14.3. The SMILES string of the molecule is O=C(NCCc1ccc(O)cc1)C(=O)NCCc1c[nH]c2ccccc12. The van der Waals surface area contributed by atoms with Gasteiger partial charge in [-0.2, -0.15) is 0 Å². The second-order valence-electron chi connectivity index (χ2n) is 6.04. The first-order valence-corrected chi connectivity index (χ1v) is 8.52. The minimum Gasteiger partial charge on any atom is -0.508 e. The fourth-order valence-electron chi connectivity index (χ4n) is 2.79. The first-order valence-electron chi connectivity index (χ1n) is 8.52. The van der Waals surface area contributed by atoms with Gasteiger partial charge in [0.2, 0.25) is 0 Å². The molecule has 3 rings (SSSR count). The van der Waals surface area contributed by atoms with Crippen molar-refractivity contribution in [3.63, 3.8) is 0 Å². The van der Waals surface area contributed by atoms with Crippen LogP contribution in [-0.2, 0) is 22.4 Å². The van der Waals surface area contributed by atoms with Crippen LogP contribution in [0.4, 0.5) is 0 Å². The van der Waals surface area contributed by atoms with E-state index in [1.165, 1.54) is 0 Å². The predicted octanol–water partition coefficient (Wildman–Crippen LogP) is 1.89. The van der Waals surface area contributed by atoms with Crippen LogP contribution in [0.2, 0.25) is 0 Å². The zero-order valence-electron chi connectivity index (χ0n) is 14.3. The molecular weight excluding hydrogens is 330 g/mol. The fraction of sp³-hybridized carbons (Fsp3) is 0.200. The van der Waals surface area contributed by atoms with Gasteiger partial charge in [0.05, 0.1) is 0 Å². The van der Waals surface area contributed by atoms with Gasteiger partial charge in [0.15, 0.2) is 0 Å². The Morgan fingerprint density at radius 3 is 2.27 bits per heavy atom. The zero-order chi connectivity index (χ0) is 18.4. The molecule has 2 aromatic carbocycles. The highest BCUT2D eigenvalue weighted by Gasteiger charge is 2.12. The molecule has 1 heterocycles. The van der Waals surface area contributed by atoms with Crippen LogP contribution < -0.4 is 10.6 Å². The number of H-pyrrole nitrogens is 1. The van der Waals surface area contributed by atoms with Crippen LogP contribution in [-0.4, -0.2) is 35.0 Å². The number of phenols is 1. The van der Waals surface area contributed by atoms with Crippen LogP contribution in [0.3, 0.4) is 0 Å². The molecule has 0 aliphatic heterocycles. The van der Waals surface area contributed by atoms with Gasteiger partial charge in [-0.25, -0.2) is 0 Å². The Kier molecular flexibility index (Phi) is 5.53. The molecule has 1 aromatic heterocycles. The lowest BCUT2D eigenvalue weighted by Crippen LogP contribution is -2.41. The van der Waals surface area contributed by atoms with Crippen molar-refractivity contribution in [3.05, 3.63) is 65.9 Å². The van der Waals surface area contributed by atoms with Crippen LogP contribution in [0.25, 0.3) is 10.9 Å². The first-order chi connectivity index (χ1) is 12.6. The monoisotopic (exact) mass is 351 g/mol. The summed E-state index contributed by atoms with van der Waals surface area (Å²) in [4.78, 5) is 26.9. The summed E-state index contributed by atoms with van der Waals surface area (Å²) in [6, 6.07) is 14.7. The van der Waals surface area contributed by atoms with Gasteiger partial charge in [0, 0.05) is 30.2 Å². The lowest BCUT2D eigenvalue weighted by molar-refractivity contribution is -0.139. The van der Waals surface area contributed by atoms with E-state index in [0.29, 0.717) is 25.9 Å². The van der Waals surface area contributed by atoms with E-state index in [0.717, 1.165) is 22.0 Å². The summed E-state index contributed by atoms with van der Waals surface area (Å²) < 4.78 is 0. The van der Waals surface area contributed by atoms with E-state index in [4.69, 9.17) is 0 Å². The molecule has 0 bridgehead atoms. The fourth-order valence-corrected chi connectivity index (χ4v) is 2.79. The Morgan fingerprint density at radius 2 is 1.54 bits per heavy atom. The Bertz CT molecular complexity index is 900. The molecule has 6 nitrogen and oxygen atoms in total. The second-order valence-corrected chi connectivity index (χ2v) is 6.04. The molecule has 0 saturated carbocycles. The lowest BCUT2D eigenvalue weighted by atomic mass is 10.1. The van der Waals surface area contributed by atoms with E-state index in [-0.39, 0.29) is 5.75 Å². The number of rotatable bonds is 6. The van der Waals surface area contributed by atoms with Crippen molar-refractivity contribution in [3.8, 4) is 5.75 Å². The number of aromatic nitrogens is 1.